The number of aliphatic imine (C=N–C) groups is 1. The summed E-state index contributed by atoms with van der Waals surface area (Å²) in [6.45, 7) is 0.881. The predicted molar refractivity (Wildman–Crippen MR) is 182 cm³/mol. The summed E-state index contributed by atoms with van der Waals surface area (Å²) in [5.41, 5.74) is 11.7. The van der Waals surface area contributed by atoms with Crippen molar-refractivity contribution < 1.29 is 19.4 Å². The Kier molecular flexibility index (Phi) is 11.3. The van der Waals surface area contributed by atoms with Gasteiger partial charge in [0.1, 0.15) is 5.75 Å². The van der Waals surface area contributed by atoms with Crippen LogP contribution in [0.15, 0.2) is 112 Å². The van der Waals surface area contributed by atoms with E-state index in [-0.39, 0.29) is 25.5 Å². The van der Waals surface area contributed by atoms with Gasteiger partial charge in [-0.2, -0.15) is 0 Å². The molecule has 236 valence electrons. The molecule has 0 aliphatic carbocycles. The second-order valence-corrected chi connectivity index (χ2v) is 12.1. The number of halogens is 2. The van der Waals surface area contributed by atoms with Crippen molar-refractivity contribution in [3.05, 3.63) is 145 Å². The van der Waals surface area contributed by atoms with Crippen molar-refractivity contribution in [1.82, 2.24) is 5.32 Å². The lowest BCUT2D eigenvalue weighted by atomic mass is 9.80. The minimum absolute atomic E-state index is 0.0477. The molecule has 1 aliphatic heterocycles. The van der Waals surface area contributed by atoms with Crippen molar-refractivity contribution in [1.29, 1.82) is 0 Å². The molecule has 1 heterocycles. The maximum absolute atomic E-state index is 14.6. The number of hydrogen-bond acceptors (Lipinski definition) is 6. The molecule has 2 N–H and O–H groups in total. The summed E-state index contributed by atoms with van der Waals surface area (Å²) < 4.78 is 13.2. The normalized spacial score (nSPS) is 17.0. The minimum atomic E-state index is -1.42. The largest absolute Gasteiger partial charge is 0.494 e. The van der Waals surface area contributed by atoms with Crippen molar-refractivity contribution >= 4 is 39.3 Å². The molecular weight excluding hydrogens is 670 g/mol. The summed E-state index contributed by atoms with van der Waals surface area (Å²) in [5, 5.41) is 16.7. The van der Waals surface area contributed by atoms with Gasteiger partial charge < -0.3 is 19.9 Å². The molecular formula is C35H33BrClN5O4. The SMILES string of the molecule is [N-]=[N+]=NCc1ccccc1[C@H]1OC(c2ccc(OCCCO)cc2)=N[C@@]1(Cc1ccccc1Br)C(=O)NCCc1cccc(Cl)c1. The van der Waals surface area contributed by atoms with Gasteiger partial charge >= 0.3 is 0 Å². The molecule has 4 aromatic rings. The molecule has 1 aliphatic rings. The Morgan fingerprint density at radius 1 is 1.07 bits per heavy atom. The summed E-state index contributed by atoms with van der Waals surface area (Å²) in [7, 11) is 0. The lowest BCUT2D eigenvalue weighted by Crippen LogP contribution is -2.50. The molecule has 9 nitrogen and oxygen atoms in total. The third kappa shape index (κ3) is 7.89. The molecule has 2 atom stereocenters. The number of amides is 1. The van der Waals surface area contributed by atoms with E-state index in [1.807, 2.05) is 97.1 Å². The number of aliphatic hydroxyl groups is 1. The second kappa shape index (κ2) is 15.8. The van der Waals surface area contributed by atoms with Crippen LogP contribution in [0.4, 0.5) is 0 Å². The smallest absolute Gasteiger partial charge is 0.252 e. The average molecular weight is 703 g/mol. The highest BCUT2D eigenvalue weighted by Gasteiger charge is 2.54. The van der Waals surface area contributed by atoms with Crippen molar-refractivity contribution in [3.63, 3.8) is 0 Å². The quantitative estimate of drug-likeness (QED) is 0.0609. The van der Waals surface area contributed by atoms with E-state index < -0.39 is 11.6 Å². The van der Waals surface area contributed by atoms with E-state index >= 15 is 0 Å². The molecule has 5 rings (SSSR count). The minimum Gasteiger partial charge on any atom is -0.494 e. The monoisotopic (exact) mass is 701 g/mol. The number of aliphatic hydroxyl groups excluding tert-OH is 1. The zero-order valence-electron chi connectivity index (χ0n) is 25.0. The Morgan fingerprint density at radius 3 is 2.57 bits per heavy atom. The molecule has 0 bridgehead atoms. The molecule has 1 amide bonds. The van der Waals surface area contributed by atoms with Gasteiger partial charge in [0.2, 0.25) is 5.90 Å². The molecule has 0 radical (unpaired) electrons. The van der Waals surface area contributed by atoms with Gasteiger partial charge in [0.05, 0.1) is 13.2 Å². The van der Waals surface area contributed by atoms with Gasteiger partial charge in [-0.1, -0.05) is 87.2 Å². The summed E-state index contributed by atoms with van der Waals surface area (Å²) >= 11 is 9.86. The second-order valence-electron chi connectivity index (χ2n) is 10.8. The van der Waals surface area contributed by atoms with Crippen LogP contribution in [0.1, 0.15) is 40.3 Å². The van der Waals surface area contributed by atoms with Crippen molar-refractivity contribution in [2.75, 3.05) is 19.8 Å². The van der Waals surface area contributed by atoms with Crippen molar-refractivity contribution in [3.8, 4) is 5.75 Å². The van der Waals surface area contributed by atoms with Crippen LogP contribution in [0, 0.1) is 0 Å². The fourth-order valence-corrected chi connectivity index (χ4v) is 6.04. The lowest BCUT2D eigenvalue weighted by Gasteiger charge is -2.32. The van der Waals surface area contributed by atoms with Crippen LogP contribution in [0.2, 0.25) is 5.02 Å². The lowest BCUT2D eigenvalue weighted by molar-refractivity contribution is -0.128. The molecule has 0 saturated carbocycles. The molecule has 0 spiro atoms. The van der Waals surface area contributed by atoms with Crippen LogP contribution < -0.4 is 10.1 Å². The first-order chi connectivity index (χ1) is 22.4. The number of benzene rings is 4. The number of rotatable bonds is 14. The maximum Gasteiger partial charge on any atom is 0.252 e. The molecule has 0 aromatic heterocycles. The van der Waals surface area contributed by atoms with Gasteiger partial charge in [-0.25, -0.2) is 4.99 Å². The fourth-order valence-electron chi connectivity index (χ4n) is 5.40. The molecule has 0 unspecified atom stereocenters. The number of nitrogens with zero attached hydrogens (tertiary/aromatic N) is 4. The van der Waals surface area contributed by atoms with Crippen LogP contribution in [0.5, 0.6) is 5.75 Å². The summed E-state index contributed by atoms with van der Waals surface area (Å²) in [6.07, 6.45) is 0.485. The van der Waals surface area contributed by atoms with Crippen LogP contribution in [-0.2, 0) is 28.9 Å². The highest BCUT2D eigenvalue weighted by molar-refractivity contribution is 9.10. The summed E-state index contributed by atoms with van der Waals surface area (Å²) in [4.78, 5) is 22.6. The van der Waals surface area contributed by atoms with Crippen LogP contribution in [-0.4, -0.2) is 42.2 Å². The number of carbonyl (C=O) groups excluding carboxylic acids is 1. The molecule has 0 saturated heterocycles. The van der Waals surface area contributed by atoms with E-state index in [2.05, 4.69) is 31.3 Å². The Balaban J connectivity index is 1.57. The van der Waals surface area contributed by atoms with E-state index in [0.717, 1.165) is 21.2 Å². The average Bonchev–Trinajstić information content (AvgIpc) is 3.45. The Morgan fingerprint density at radius 2 is 1.83 bits per heavy atom. The topological polar surface area (TPSA) is 129 Å². The highest BCUT2D eigenvalue weighted by Crippen LogP contribution is 2.44. The van der Waals surface area contributed by atoms with E-state index in [9.17, 15) is 4.79 Å². The number of carbonyl (C=O) groups is 1. The number of ether oxygens (including phenoxy) is 2. The number of hydrogen-bond donors (Lipinski definition) is 2. The summed E-state index contributed by atoms with van der Waals surface area (Å²) in [6, 6.07) is 30.0. The first kappa shape index (κ1) is 33.0. The zero-order chi connectivity index (χ0) is 32.4. The fraction of sp³-hybridized carbons (Fsp3) is 0.257. The standard InChI is InChI=1S/C35H33BrClN5O4/c36-31-12-4-2-8-26(31)22-35(34(44)39-18-17-24-7-5-10-28(37)21-24)32(30-11-3-1-9-27(30)23-40-42-38)46-33(41-35)25-13-15-29(16-14-25)45-20-6-19-43/h1-5,7-16,21,32,43H,6,17-20,22-23H2,(H,39,44)/t32-,35-/m1/s1. The third-order valence-electron chi connectivity index (χ3n) is 7.68. The highest BCUT2D eigenvalue weighted by atomic mass is 79.9. The first-order valence-electron chi connectivity index (χ1n) is 14.9. The molecule has 11 heteroatoms. The van der Waals surface area contributed by atoms with Gasteiger partial charge in [-0.3, -0.25) is 4.79 Å². The Hall–Kier alpha value is -4.34. The Labute approximate surface area is 281 Å². The Bertz CT molecular complexity index is 1750. The third-order valence-corrected chi connectivity index (χ3v) is 8.69. The molecule has 4 aromatic carbocycles. The van der Waals surface area contributed by atoms with Crippen LogP contribution in [0.3, 0.4) is 0 Å². The van der Waals surface area contributed by atoms with Crippen molar-refractivity contribution in [2.45, 2.75) is 37.5 Å². The summed E-state index contributed by atoms with van der Waals surface area (Å²) in [5.74, 6) is 0.653. The first-order valence-corrected chi connectivity index (χ1v) is 16.1. The van der Waals surface area contributed by atoms with Gasteiger partial charge in [0, 0.05) is 46.0 Å². The zero-order valence-corrected chi connectivity index (χ0v) is 27.3. The number of azide groups is 1. The van der Waals surface area contributed by atoms with Crippen LogP contribution in [0.25, 0.3) is 10.4 Å². The number of nitrogens with one attached hydrogen (secondary N) is 1. The van der Waals surface area contributed by atoms with Gasteiger partial charge in [0.15, 0.2) is 11.6 Å². The molecule has 46 heavy (non-hydrogen) atoms. The van der Waals surface area contributed by atoms with Crippen molar-refractivity contribution in [2.24, 2.45) is 10.1 Å². The maximum atomic E-state index is 14.6. The molecule has 0 fully saturated rings. The van der Waals surface area contributed by atoms with E-state index in [0.29, 0.717) is 53.8 Å². The predicted octanol–water partition coefficient (Wildman–Crippen LogP) is 7.53. The van der Waals surface area contributed by atoms with Crippen LogP contribution >= 0.6 is 27.5 Å². The van der Waals surface area contributed by atoms with E-state index in [4.69, 9.17) is 36.7 Å². The van der Waals surface area contributed by atoms with Gasteiger partial charge in [-0.15, -0.1) is 0 Å². The van der Waals surface area contributed by atoms with Gasteiger partial charge in [-0.05, 0) is 76.7 Å². The van der Waals surface area contributed by atoms with E-state index in [1.54, 1.807) is 0 Å². The van der Waals surface area contributed by atoms with E-state index in [1.165, 1.54) is 0 Å². The van der Waals surface area contributed by atoms with Gasteiger partial charge in [0.25, 0.3) is 5.91 Å².